The Kier molecular flexibility index (Phi) is 6.63. The zero-order valence-corrected chi connectivity index (χ0v) is 20.1. The van der Waals surface area contributed by atoms with E-state index in [0.29, 0.717) is 53.3 Å². The predicted octanol–water partition coefficient (Wildman–Crippen LogP) is 4.16. The number of carbonyl (C=O) groups excluding carboxylic acids is 1. The molecule has 2 aromatic heterocycles. The van der Waals surface area contributed by atoms with Gasteiger partial charge in [0.15, 0.2) is 11.6 Å². The third kappa shape index (κ3) is 5.18. The molecule has 10 heteroatoms. The highest BCUT2D eigenvalue weighted by Crippen LogP contribution is 2.25. The third-order valence-electron chi connectivity index (χ3n) is 6.07. The number of nitrogens with zero attached hydrogens (tertiary/aromatic N) is 6. The monoisotopic (exact) mass is 502 g/mol. The van der Waals surface area contributed by atoms with Crippen molar-refractivity contribution in [3.63, 3.8) is 0 Å². The lowest BCUT2D eigenvalue weighted by Gasteiger charge is -2.36. The summed E-state index contributed by atoms with van der Waals surface area (Å²) in [6, 6.07) is 17.1. The molecule has 8 nitrogen and oxygen atoms in total. The molecule has 37 heavy (non-hydrogen) atoms. The Morgan fingerprint density at radius 3 is 2.27 bits per heavy atom. The van der Waals surface area contributed by atoms with Crippen molar-refractivity contribution < 1.29 is 18.3 Å². The first-order valence-corrected chi connectivity index (χ1v) is 11.6. The third-order valence-corrected chi connectivity index (χ3v) is 6.07. The van der Waals surface area contributed by atoms with Crippen LogP contribution in [-0.4, -0.2) is 57.3 Å². The summed E-state index contributed by atoms with van der Waals surface area (Å²) >= 11 is 0. The lowest BCUT2D eigenvalue weighted by atomic mass is 10.2. The molecule has 0 unspecified atom stereocenters. The largest absolute Gasteiger partial charge is 0.481 e. The van der Waals surface area contributed by atoms with Crippen molar-refractivity contribution in [1.82, 2.24) is 24.6 Å². The van der Waals surface area contributed by atoms with Gasteiger partial charge in [-0.3, -0.25) is 9.69 Å². The highest BCUT2D eigenvalue weighted by Gasteiger charge is 2.27. The fourth-order valence-electron chi connectivity index (χ4n) is 4.11. The van der Waals surface area contributed by atoms with Gasteiger partial charge in [-0.2, -0.15) is 10.1 Å². The maximum Gasteiger partial charge on any atom is 0.247 e. The van der Waals surface area contributed by atoms with E-state index in [2.05, 4.69) is 21.6 Å². The molecule has 0 spiro atoms. The fraction of sp³-hybridized carbons (Fsp3) is 0.185. The van der Waals surface area contributed by atoms with E-state index in [1.54, 1.807) is 52.0 Å². The van der Waals surface area contributed by atoms with E-state index in [9.17, 15) is 13.6 Å². The van der Waals surface area contributed by atoms with Gasteiger partial charge in [-0.1, -0.05) is 12.6 Å². The summed E-state index contributed by atoms with van der Waals surface area (Å²) in [7, 11) is 1.53. The summed E-state index contributed by atoms with van der Waals surface area (Å²) in [4.78, 5) is 25.5. The Balaban J connectivity index is 1.37. The molecule has 0 aliphatic carbocycles. The summed E-state index contributed by atoms with van der Waals surface area (Å²) in [6.07, 6.45) is 0. The maximum atomic E-state index is 13.6. The Hall–Kier alpha value is -4.60. The van der Waals surface area contributed by atoms with Gasteiger partial charge < -0.3 is 9.64 Å². The van der Waals surface area contributed by atoms with Gasteiger partial charge in [0.25, 0.3) is 0 Å². The van der Waals surface area contributed by atoms with Crippen molar-refractivity contribution in [2.45, 2.75) is 6.54 Å². The highest BCUT2D eigenvalue weighted by atomic mass is 19.1. The Morgan fingerprint density at radius 2 is 1.62 bits per heavy atom. The molecular formula is C27H24F2N6O2. The van der Waals surface area contributed by atoms with Crippen LogP contribution in [0.1, 0.15) is 0 Å². The molecule has 1 aliphatic rings. The number of anilines is 1. The van der Waals surface area contributed by atoms with Crippen LogP contribution in [0.25, 0.3) is 22.8 Å². The number of amides is 1. The predicted molar refractivity (Wildman–Crippen MR) is 135 cm³/mol. The van der Waals surface area contributed by atoms with Gasteiger partial charge >= 0.3 is 0 Å². The molecule has 3 heterocycles. The molecule has 188 valence electrons. The number of aromatic nitrogens is 4. The number of piperazine rings is 1. The number of carbonyl (C=O) groups is 1. The van der Waals surface area contributed by atoms with Crippen LogP contribution in [0, 0.1) is 11.6 Å². The van der Waals surface area contributed by atoms with E-state index >= 15 is 0 Å². The topological polar surface area (TPSA) is 76.4 Å². The van der Waals surface area contributed by atoms with Gasteiger partial charge in [-0.25, -0.2) is 18.4 Å². The summed E-state index contributed by atoms with van der Waals surface area (Å²) < 4.78 is 33.8. The fourth-order valence-corrected chi connectivity index (χ4v) is 4.11. The van der Waals surface area contributed by atoms with E-state index in [-0.39, 0.29) is 30.6 Å². The zero-order valence-electron chi connectivity index (χ0n) is 20.1. The number of allylic oxidation sites excluding steroid dienone is 1. The first-order chi connectivity index (χ1) is 17.9. The first-order valence-electron chi connectivity index (χ1n) is 11.6. The lowest BCUT2D eigenvalue weighted by Crippen LogP contribution is -2.50. The van der Waals surface area contributed by atoms with Crippen LogP contribution >= 0.6 is 0 Å². The second-order valence-corrected chi connectivity index (χ2v) is 8.50. The molecule has 0 N–H and O–H groups in total. The molecule has 0 radical (unpaired) electrons. The standard InChI is InChI=1S/C27H24F2N6O2/c1-18(33-14-15-34(25(36)17-33)23-4-3-5-24(30-23)37-2)16-35-27(20-8-12-22(29)13-9-20)31-26(32-35)19-6-10-21(28)11-7-19/h3-13H,1,14-17H2,2H3. The second kappa shape index (κ2) is 10.2. The number of hydrogen-bond acceptors (Lipinski definition) is 6. The van der Waals surface area contributed by atoms with Crippen molar-refractivity contribution in [2.75, 3.05) is 31.6 Å². The van der Waals surface area contributed by atoms with Crippen molar-refractivity contribution in [2.24, 2.45) is 0 Å². The number of benzene rings is 2. The summed E-state index contributed by atoms with van der Waals surface area (Å²) in [5.74, 6) is 1.05. The van der Waals surface area contributed by atoms with Crippen LogP contribution in [-0.2, 0) is 11.3 Å². The molecule has 1 amide bonds. The van der Waals surface area contributed by atoms with Crippen LogP contribution in [0.15, 0.2) is 79.0 Å². The average Bonchev–Trinajstić information content (AvgIpc) is 3.33. The highest BCUT2D eigenvalue weighted by molar-refractivity contribution is 5.94. The minimum atomic E-state index is -0.361. The van der Waals surface area contributed by atoms with E-state index in [1.165, 1.54) is 31.4 Å². The number of ether oxygens (including phenoxy) is 1. The minimum absolute atomic E-state index is 0.113. The summed E-state index contributed by atoms with van der Waals surface area (Å²) in [5.41, 5.74) is 1.98. The molecule has 5 rings (SSSR count). The van der Waals surface area contributed by atoms with Crippen molar-refractivity contribution in [3.05, 3.63) is 90.6 Å². The Bertz CT molecular complexity index is 1440. The van der Waals surface area contributed by atoms with Gasteiger partial charge in [0, 0.05) is 36.0 Å². The van der Waals surface area contributed by atoms with Crippen molar-refractivity contribution in [3.8, 4) is 28.7 Å². The smallest absolute Gasteiger partial charge is 0.247 e. The molecule has 1 saturated heterocycles. The number of pyridine rings is 1. The maximum absolute atomic E-state index is 13.6. The molecule has 0 bridgehead atoms. The second-order valence-electron chi connectivity index (χ2n) is 8.50. The first kappa shape index (κ1) is 24.1. The van der Waals surface area contributed by atoms with Gasteiger partial charge in [0.2, 0.25) is 11.8 Å². The normalized spacial score (nSPS) is 13.6. The number of rotatable bonds is 7. The van der Waals surface area contributed by atoms with Gasteiger partial charge in [0.1, 0.15) is 17.5 Å². The van der Waals surface area contributed by atoms with E-state index in [1.807, 2.05) is 4.90 Å². The number of hydrogen-bond donors (Lipinski definition) is 0. The van der Waals surface area contributed by atoms with E-state index < -0.39 is 0 Å². The molecule has 0 atom stereocenters. The van der Waals surface area contributed by atoms with Crippen molar-refractivity contribution >= 4 is 11.7 Å². The molecule has 2 aromatic carbocycles. The summed E-state index contributed by atoms with van der Waals surface area (Å²) in [6.45, 7) is 5.56. The van der Waals surface area contributed by atoms with E-state index in [4.69, 9.17) is 4.74 Å². The quantitative estimate of drug-likeness (QED) is 0.378. The molecule has 1 aliphatic heterocycles. The molecule has 4 aromatic rings. The number of halogens is 2. The zero-order chi connectivity index (χ0) is 25.9. The Morgan fingerprint density at radius 1 is 0.946 bits per heavy atom. The van der Waals surface area contributed by atoms with Gasteiger partial charge in [-0.15, -0.1) is 0 Å². The Labute approximate surface area is 212 Å². The van der Waals surface area contributed by atoms with Gasteiger partial charge in [0.05, 0.1) is 20.2 Å². The molecule has 1 fully saturated rings. The van der Waals surface area contributed by atoms with E-state index in [0.717, 1.165) is 0 Å². The minimum Gasteiger partial charge on any atom is -0.481 e. The molecular weight excluding hydrogens is 478 g/mol. The van der Waals surface area contributed by atoms with Crippen LogP contribution < -0.4 is 9.64 Å². The van der Waals surface area contributed by atoms with Crippen molar-refractivity contribution in [1.29, 1.82) is 0 Å². The number of methoxy groups -OCH3 is 1. The van der Waals surface area contributed by atoms with Gasteiger partial charge in [-0.05, 0) is 54.6 Å². The van der Waals surface area contributed by atoms with Crippen LogP contribution in [0.4, 0.5) is 14.6 Å². The summed E-state index contributed by atoms with van der Waals surface area (Å²) in [5, 5.41) is 4.63. The van der Waals surface area contributed by atoms with Crippen LogP contribution in [0.2, 0.25) is 0 Å². The van der Waals surface area contributed by atoms with Crippen LogP contribution in [0.5, 0.6) is 5.88 Å². The van der Waals surface area contributed by atoms with Crippen LogP contribution in [0.3, 0.4) is 0 Å². The SMILES string of the molecule is C=C(Cn1nc(-c2ccc(F)cc2)nc1-c1ccc(F)cc1)N1CCN(c2cccc(OC)n2)C(=O)C1. The molecule has 0 saturated carbocycles. The average molecular weight is 503 g/mol. The lowest BCUT2D eigenvalue weighted by molar-refractivity contribution is -0.120.